The average Bonchev–Trinajstić information content (AvgIpc) is 2.41. The Kier molecular flexibility index (Phi) is 5.00. The number of ketones is 1. The molecule has 0 fully saturated rings. The van der Waals surface area contributed by atoms with Crippen molar-refractivity contribution in [3.63, 3.8) is 0 Å². The third kappa shape index (κ3) is 3.13. The lowest BCUT2D eigenvalue weighted by Gasteiger charge is -2.47. The van der Waals surface area contributed by atoms with Gasteiger partial charge in [-0.05, 0) is 25.2 Å². The van der Waals surface area contributed by atoms with E-state index in [4.69, 9.17) is 0 Å². The van der Waals surface area contributed by atoms with E-state index < -0.39 is 34.7 Å². The number of carbonyl (C=O) groups is 1. The maximum atomic E-state index is 13.7. The van der Waals surface area contributed by atoms with Gasteiger partial charge in [-0.2, -0.15) is 26.3 Å². The van der Waals surface area contributed by atoms with Gasteiger partial charge < -0.3 is 4.90 Å². The summed E-state index contributed by atoms with van der Waals surface area (Å²) in [7, 11) is 0. The summed E-state index contributed by atoms with van der Waals surface area (Å²) in [6.45, 7) is 6.54. The number of rotatable bonds is 3. The quantitative estimate of drug-likeness (QED) is 0.640. The van der Waals surface area contributed by atoms with Crippen LogP contribution in [0.15, 0.2) is 16.3 Å². The van der Waals surface area contributed by atoms with Crippen LogP contribution in [0, 0.1) is 5.41 Å². The van der Waals surface area contributed by atoms with E-state index in [9.17, 15) is 31.1 Å². The summed E-state index contributed by atoms with van der Waals surface area (Å²) in [6.07, 6.45) is -10.7. The minimum atomic E-state index is -5.76. The van der Waals surface area contributed by atoms with Crippen LogP contribution in [0.1, 0.15) is 53.4 Å². The van der Waals surface area contributed by atoms with Gasteiger partial charge in [-0.15, -0.1) is 0 Å². The van der Waals surface area contributed by atoms with Gasteiger partial charge in [-0.1, -0.05) is 27.2 Å². The van der Waals surface area contributed by atoms with E-state index in [2.05, 4.69) is 4.99 Å². The number of carbonyl (C=O) groups excluding carboxylic acids is 1. The Morgan fingerprint density at radius 1 is 1.08 bits per heavy atom. The molecule has 148 valence electrons. The van der Waals surface area contributed by atoms with E-state index in [1.165, 1.54) is 4.90 Å². The van der Waals surface area contributed by atoms with Crippen molar-refractivity contribution >= 4 is 11.6 Å². The number of hydrogen-bond donors (Lipinski definition) is 0. The molecule has 0 amide bonds. The van der Waals surface area contributed by atoms with Crippen LogP contribution in [0.5, 0.6) is 0 Å². The highest BCUT2D eigenvalue weighted by molar-refractivity contribution is 6.03. The lowest BCUT2D eigenvalue weighted by molar-refractivity contribution is -0.283. The highest BCUT2D eigenvalue weighted by atomic mass is 19.4. The third-order valence-electron chi connectivity index (χ3n) is 4.82. The molecule has 0 N–H and O–H groups in total. The second-order valence-electron chi connectivity index (χ2n) is 7.63. The molecule has 2 aliphatic rings. The molecule has 0 saturated carbocycles. The predicted molar refractivity (Wildman–Crippen MR) is 84.6 cm³/mol. The molecule has 2 rings (SSSR count). The van der Waals surface area contributed by atoms with Crippen LogP contribution in [0.3, 0.4) is 0 Å². The van der Waals surface area contributed by atoms with E-state index in [1.807, 2.05) is 6.92 Å². The van der Waals surface area contributed by atoms with Gasteiger partial charge in [-0.25, -0.2) is 4.99 Å². The van der Waals surface area contributed by atoms with Crippen molar-refractivity contribution < 1.29 is 31.1 Å². The molecule has 0 saturated heterocycles. The largest absolute Gasteiger partial charge is 0.427 e. The van der Waals surface area contributed by atoms with Gasteiger partial charge in [0.25, 0.3) is 5.54 Å². The maximum absolute atomic E-state index is 13.7. The number of Topliss-reactive ketones (excluding diaryl/α,β-unsaturated/α-hetero) is 1. The Bertz CT molecular complexity index is 643. The fourth-order valence-corrected chi connectivity index (χ4v) is 3.67. The predicted octanol–water partition coefficient (Wildman–Crippen LogP) is 5.03. The van der Waals surface area contributed by atoms with Crippen molar-refractivity contribution in [3.05, 3.63) is 11.3 Å². The van der Waals surface area contributed by atoms with Crippen molar-refractivity contribution in [1.29, 1.82) is 0 Å². The second kappa shape index (κ2) is 6.27. The number of nitrogens with zero attached hydrogens (tertiary/aromatic N) is 2. The smallest absolute Gasteiger partial charge is 0.334 e. The minimum absolute atomic E-state index is 0.0431. The van der Waals surface area contributed by atoms with Gasteiger partial charge in [0.2, 0.25) is 0 Å². The standard InChI is InChI=1S/C17H22F6N2O/c1-5-6-7-25-10(2)24-15(16(18,19)20,17(21,22)23)13-11(25)8-14(3,4)9-12(13)26/h5-9H2,1-4H3. The summed E-state index contributed by atoms with van der Waals surface area (Å²) in [5.41, 5.74) is -6.66. The summed E-state index contributed by atoms with van der Waals surface area (Å²) in [4.78, 5) is 17.0. The van der Waals surface area contributed by atoms with Crippen LogP contribution in [0.2, 0.25) is 0 Å². The van der Waals surface area contributed by atoms with Crippen molar-refractivity contribution in [2.24, 2.45) is 10.4 Å². The SMILES string of the molecule is CCCCN1C(C)=NC(C(F)(F)F)(C(F)(F)F)C2=C1CC(C)(C)CC2=O. The molecule has 26 heavy (non-hydrogen) atoms. The Labute approximate surface area is 148 Å². The van der Waals surface area contributed by atoms with Crippen molar-refractivity contribution in [3.8, 4) is 0 Å². The lowest BCUT2D eigenvalue weighted by atomic mass is 9.69. The first-order chi connectivity index (χ1) is 11.7. The molecule has 9 heteroatoms. The third-order valence-corrected chi connectivity index (χ3v) is 4.82. The molecule has 3 nitrogen and oxygen atoms in total. The topological polar surface area (TPSA) is 32.7 Å². The summed E-state index contributed by atoms with van der Waals surface area (Å²) in [5, 5.41) is 0. The van der Waals surface area contributed by atoms with Gasteiger partial charge in [0.1, 0.15) is 5.84 Å². The first kappa shape index (κ1) is 20.8. The zero-order valence-corrected chi connectivity index (χ0v) is 15.1. The van der Waals surface area contributed by atoms with Crippen LogP contribution < -0.4 is 0 Å². The minimum Gasteiger partial charge on any atom is -0.334 e. The van der Waals surface area contributed by atoms with Crippen LogP contribution in [0.4, 0.5) is 26.3 Å². The van der Waals surface area contributed by atoms with Crippen molar-refractivity contribution in [2.75, 3.05) is 6.54 Å². The summed E-state index contributed by atoms with van der Waals surface area (Å²) >= 11 is 0. The Hall–Kier alpha value is -1.54. The summed E-state index contributed by atoms with van der Waals surface area (Å²) < 4.78 is 82.5. The van der Waals surface area contributed by atoms with Crippen LogP contribution in [-0.2, 0) is 4.79 Å². The number of aliphatic imine (C=N–C) groups is 1. The fourth-order valence-electron chi connectivity index (χ4n) is 3.67. The number of unbranched alkanes of at least 4 members (excludes halogenated alkanes) is 1. The molecule has 1 aliphatic heterocycles. The highest BCUT2D eigenvalue weighted by Crippen LogP contribution is 2.56. The first-order valence-corrected chi connectivity index (χ1v) is 8.42. The maximum Gasteiger partial charge on any atom is 0.427 e. The average molecular weight is 384 g/mol. The highest BCUT2D eigenvalue weighted by Gasteiger charge is 2.76. The zero-order chi connectivity index (χ0) is 20.1. The van der Waals surface area contributed by atoms with Gasteiger partial charge >= 0.3 is 12.4 Å². The van der Waals surface area contributed by atoms with Gasteiger partial charge in [0.15, 0.2) is 5.78 Å². The molecule has 0 aromatic rings. The zero-order valence-electron chi connectivity index (χ0n) is 15.1. The van der Waals surface area contributed by atoms with E-state index in [-0.39, 0.29) is 30.9 Å². The molecule has 0 aromatic heterocycles. The lowest BCUT2D eigenvalue weighted by Crippen LogP contribution is -2.63. The van der Waals surface area contributed by atoms with E-state index >= 15 is 0 Å². The number of allylic oxidation sites excluding steroid dienone is 1. The molecule has 0 spiro atoms. The van der Waals surface area contributed by atoms with E-state index in [0.29, 0.717) is 12.8 Å². The number of halogens is 6. The molecular weight excluding hydrogens is 362 g/mol. The number of hydrogen-bond acceptors (Lipinski definition) is 3. The second-order valence-corrected chi connectivity index (χ2v) is 7.63. The van der Waals surface area contributed by atoms with Gasteiger partial charge in [0, 0.05) is 18.7 Å². The molecule has 0 radical (unpaired) electrons. The normalized spacial score (nSPS) is 23.1. The molecule has 1 aliphatic carbocycles. The van der Waals surface area contributed by atoms with Crippen LogP contribution in [0.25, 0.3) is 0 Å². The molecule has 0 bridgehead atoms. The number of alkyl halides is 6. The van der Waals surface area contributed by atoms with Gasteiger partial charge in [-0.3, -0.25) is 4.79 Å². The molecule has 0 aromatic carbocycles. The summed E-state index contributed by atoms with van der Waals surface area (Å²) in [5.74, 6) is -1.50. The van der Waals surface area contributed by atoms with E-state index in [1.54, 1.807) is 13.8 Å². The first-order valence-electron chi connectivity index (χ1n) is 8.42. The van der Waals surface area contributed by atoms with Crippen LogP contribution in [-0.4, -0.2) is 41.0 Å². The molecule has 0 atom stereocenters. The van der Waals surface area contributed by atoms with Gasteiger partial charge in [0.05, 0.1) is 5.57 Å². The fraction of sp³-hybridized carbons (Fsp3) is 0.765. The molecular formula is C17H22F6N2O. The molecule has 1 heterocycles. The Morgan fingerprint density at radius 2 is 1.62 bits per heavy atom. The van der Waals surface area contributed by atoms with E-state index in [0.717, 1.165) is 6.92 Å². The monoisotopic (exact) mass is 384 g/mol. The van der Waals surface area contributed by atoms with Crippen molar-refractivity contribution in [1.82, 2.24) is 4.90 Å². The number of amidine groups is 1. The summed E-state index contributed by atoms with van der Waals surface area (Å²) in [6, 6.07) is 0. The Balaban J connectivity index is 2.81. The van der Waals surface area contributed by atoms with Crippen molar-refractivity contribution in [2.45, 2.75) is 71.3 Å². The van der Waals surface area contributed by atoms with Crippen LogP contribution >= 0.6 is 0 Å². The Morgan fingerprint density at radius 3 is 2.08 bits per heavy atom. The molecule has 0 unspecified atom stereocenters.